The lowest BCUT2D eigenvalue weighted by Gasteiger charge is -2.11. The first-order chi connectivity index (χ1) is 10.3. The van der Waals surface area contributed by atoms with Crippen molar-refractivity contribution >= 4 is 5.91 Å². The maximum Gasteiger partial charge on any atom is 0.251 e. The van der Waals surface area contributed by atoms with Crippen LogP contribution < -0.4 is 10.6 Å². The molecule has 2 aromatic rings. The van der Waals surface area contributed by atoms with Crippen LogP contribution in [0.5, 0.6) is 0 Å². The van der Waals surface area contributed by atoms with Crippen LogP contribution in [0, 0.1) is 0 Å². The molecule has 1 amide bonds. The van der Waals surface area contributed by atoms with Gasteiger partial charge in [-0.3, -0.25) is 4.79 Å². The predicted molar refractivity (Wildman–Crippen MR) is 76.7 cm³/mol. The molecule has 1 aliphatic heterocycles. The summed E-state index contributed by atoms with van der Waals surface area (Å²) < 4.78 is 1.64. The Labute approximate surface area is 122 Å². The number of carbonyl (C=O) groups is 1. The number of benzene rings is 1. The van der Waals surface area contributed by atoms with E-state index >= 15 is 0 Å². The number of tetrazole rings is 1. The van der Waals surface area contributed by atoms with Crippen molar-refractivity contribution in [2.45, 2.75) is 25.4 Å². The molecule has 0 spiro atoms. The van der Waals surface area contributed by atoms with Crippen molar-refractivity contribution in [3.8, 4) is 0 Å². The van der Waals surface area contributed by atoms with Crippen molar-refractivity contribution < 1.29 is 4.79 Å². The van der Waals surface area contributed by atoms with Crippen LogP contribution in [0.25, 0.3) is 0 Å². The summed E-state index contributed by atoms with van der Waals surface area (Å²) in [5, 5.41) is 17.3. The predicted octanol–water partition coefficient (Wildman–Crippen LogP) is 0.203. The van der Waals surface area contributed by atoms with Crippen molar-refractivity contribution in [1.82, 2.24) is 30.8 Å². The first-order valence-electron chi connectivity index (χ1n) is 7.12. The van der Waals surface area contributed by atoms with E-state index in [0.29, 0.717) is 24.7 Å². The normalized spacial score (nSPS) is 17.8. The molecule has 0 saturated carbocycles. The molecule has 1 aliphatic rings. The number of hydrogen-bond donors (Lipinski definition) is 2. The minimum Gasteiger partial charge on any atom is -0.350 e. The van der Waals surface area contributed by atoms with Gasteiger partial charge in [0.25, 0.3) is 5.91 Å². The minimum atomic E-state index is -0.0299. The van der Waals surface area contributed by atoms with E-state index in [9.17, 15) is 4.79 Å². The lowest BCUT2D eigenvalue weighted by Crippen LogP contribution is -2.37. The summed E-state index contributed by atoms with van der Waals surface area (Å²) >= 11 is 0. The lowest BCUT2D eigenvalue weighted by molar-refractivity contribution is 0.0950. The first kappa shape index (κ1) is 13.7. The number of carbonyl (C=O) groups excluding carboxylic acids is 1. The van der Waals surface area contributed by atoms with Crippen LogP contribution in [0.4, 0.5) is 0 Å². The average molecular weight is 286 g/mol. The molecule has 0 aliphatic carbocycles. The number of rotatable bonds is 5. The molecule has 1 saturated heterocycles. The van der Waals surface area contributed by atoms with E-state index in [-0.39, 0.29) is 5.91 Å². The van der Waals surface area contributed by atoms with Crippen LogP contribution in [-0.2, 0) is 6.54 Å². The highest BCUT2D eigenvalue weighted by atomic mass is 16.1. The van der Waals surface area contributed by atoms with E-state index in [2.05, 4.69) is 26.2 Å². The molecular weight excluding hydrogens is 268 g/mol. The van der Waals surface area contributed by atoms with Crippen LogP contribution in [0.15, 0.2) is 30.6 Å². The summed E-state index contributed by atoms with van der Waals surface area (Å²) in [4.78, 5) is 12.1. The molecule has 1 aromatic carbocycles. The SMILES string of the molecule is O=C(NC[C@H]1CCCN1)c1ccc(Cn2cnnn2)cc1. The Morgan fingerprint density at radius 2 is 2.24 bits per heavy atom. The summed E-state index contributed by atoms with van der Waals surface area (Å²) in [7, 11) is 0. The van der Waals surface area contributed by atoms with Crippen LogP contribution in [-0.4, -0.2) is 45.2 Å². The van der Waals surface area contributed by atoms with E-state index in [4.69, 9.17) is 0 Å². The quantitative estimate of drug-likeness (QED) is 0.820. The maximum atomic E-state index is 12.1. The standard InChI is InChI=1S/C14H18N6O/c21-14(16-8-13-2-1-7-15-13)12-5-3-11(4-6-12)9-20-10-17-18-19-20/h3-6,10,13,15H,1-2,7-9H2,(H,16,21)/t13-/m1/s1. The van der Waals surface area contributed by atoms with Gasteiger partial charge in [-0.25, -0.2) is 4.68 Å². The maximum absolute atomic E-state index is 12.1. The van der Waals surface area contributed by atoms with Gasteiger partial charge in [-0.2, -0.15) is 0 Å². The minimum absolute atomic E-state index is 0.0299. The highest BCUT2D eigenvalue weighted by molar-refractivity contribution is 5.94. The third-order valence-electron chi connectivity index (χ3n) is 3.62. The Balaban J connectivity index is 1.54. The fraction of sp³-hybridized carbons (Fsp3) is 0.429. The van der Waals surface area contributed by atoms with Gasteiger partial charge in [0, 0.05) is 18.2 Å². The zero-order valence-electron chi connectivity index (χ0n) is 11.7. The number of hydrogen-bond acceptors (Lipinski definition) is 5. The average Bonchev–Trinajstić information content (AvgIpc) is 3.19. The molecule has 1 fully saturated rings. The van der Waals surface area contributed by atoms with Crippen LogP contribution in [0.3, 0.4) is 0 Å². The van der Waals surface area contributed by atoms with Gasteiger partial charge in [-0.1, -0.05) is 12.1 Å². The second kappa shape index (κ2) is 6.45. The van der Waals surface area contributed by atoms with Crippen molar-refractivity contribution in [2.75, 3.05) is 13.1 Å². The van der Waals surface area contributed by atoms with Gasteiger partial charge in [0.15, 0.2) is 0 Å². The molecule has 0 unspecified atom stereocenters. The van der Waals surface area contributed by atoms with Crippen molar-refractivity contribution in [3.63, 3.8) is 0 Å². The van der Waals surface area contributed by atoms with Gasteiger partial charge >= 0.3 is 0 Å². The Morgan fingerprint density at radius 1 is 1.38 bits per heavy atom. The highest BCUT2D eigenvalue weighted by Gasteiger charge is 2.15. The first-order valence-corrected chi connectivity index (χ1v) is 7.12. The molecule has 110 valence electrons. The zero-order valence-corrected chi connectivity index (χ0v) is 11.7. The van der Waals surface area contributed by atoms with Crippen molar-refractivity contribution in [2.24, 2.45) is 0 Å². The summed E-state index contributed by atoms with van der Waals surface area (Å²) in [6.07, 6.45) is 3.88. The smallest absolute Gasteiger partial charge is 0.251 e. The molecule has 1 aromatic heterocycles. The van der Waals surface area contributed by atoms with E-state index in [1.54, 1.807) is 11.0 Å². The van der Waals surface area contributed by atoms with Gasteiger partial charge in [-0.05, 0) is 47.5 Å². The van der Waals surface area contributed by atoms with Crippen LogP contribution in [0.2, 0.25) is 0 Å². The van der Waals surface area contributed by atoms with Crippen LogP contribution in [0.1, 0.15) is 28.8 Å². The number of aromatic nitrogens is 4. The molecule has 21 heavy (non-hydrogen) atoms. The summed E-state index contributed by atoms with van der Waals surface area (Å²) in [5.74, 6) is -0.0299. The lowest BCUT2D eigenvalue weighted by atomic mass is 10.1. The zero-order chi connectivity index (χ0) is 14.5. The molecule has 1 atom stereocenters. The third kappa shape index (κ3) is 3.63. The molecule has 7 nitrogen and oxygen atoms in total. The van der Waals surface area contributed by atoms with E-state index in [0.717, 1.165) is 18.5 Å². The topological polar surface area (TPSA) is 84.7 Å². The van der Waals surface area contributed by atoms with Gasteiger partial charge in [0.1, 0.15) is 6.33 Å². The molecule has 3 rings (SSSR count). The second-order valence-electron chi connectivity index (χ2n) is 5.21. The molecular formula is C14H18N6O. The summed E-state index contributed by atoms with van der Waals surface area (Å²) in [6.45, 7) is 2.33. The fourth-order valence-corrected chi connectivity index (χ4v) is 2.45. The molecule has 2 heterocycles. The number of amides is 1. The Morgan fingerprint density at radius 3 is 2.90 bits per heavy atom. The number of nitrogens with one attached hydrogen (secondary N) is 2. The van der Waals surface area contributed by atoms with Crippen molar-refractivity contribution in [3.05, 3.63) is 41.7 Å². The van der Waals surface area contributed by atoms with Crippen molar-refractivity contribution in [1.29, 1.82) is 0 Å². The Bertz CT molecular complexity index is 574. The van der Waals surface area contributed by atoms with E-state index in [1.807, 2.05) is 24.3 Å². The monoisotopic (exact) mass is 286 g/mol. The number of nitrogens with zero attached hydrogens (tertiary/aromatic N) is 4. The molecule has 0 radical (unpaired) electrons. The van der Waals surface area contributed by atoms with E-state index in [1.165, 1.54) is 6.42 Å². The van der Waals surface area contributed by atoms with E-state index < -0.39 is 0 Å². The van der Waals surface area contributed by atoms with Gasteiger partial charge in [0.2, 0.25) is 0 Å². The third-order valence-corrected chi connectivity index (χ3v) is 3.62. The Kier molecular flexibility index (Phi) is 4.20. The van der Waals surface area contributed by atoms with Crippen LogP contribution >= 0.6 is 0 Å². The highest BCUT2D eigenvalue weighted by Crippen LogP contribution is 2.07. The van der Waals surface area contributed by atoms with Gasteiger partial charge in [0.05, 0.1) is 6.54 Å². The molecule has 7 heteroatoms. The fourth-order valence-electron chi connectivity index (χ4n) is 2.45. The molecule has 2 N–H and O–H groups in total. The summed E-state index contributed by atoms with van der Waals surface area (Å²) in [5.41, 5.74) is 1.73. The largest absolute Gasteiger partial charge is 0.350 e. The second-order valence-corrected chi connectivity index (χ2v) is 5.21. The van der Waals surface area contributed by atoms with Gasteiger partial charge < -0.3 is 10.6 Å². The molecule has 0 bridgehead atoms. The summed E-state index contributed by atoms with van der Waals surface area (Å²) in [6, 6.07) is 7.91. The Hall–Kier alpha value is -2.28. The van der Waals surface area contributed by atoms with Gasteiger partial charge in [-0.15, -0.1) is 5.10 Å².